The SMILES string of the molecule is CCCCCCC/C=C\C/C=C\CCCCCCCCCCCCCCCCCCCCCCCCCCCCCCCC(=O)OC(COC(=O)CCCCCCC/C=C\CCCCCCC)COP(=O)(O)OCCN. The van der Waals surface area contributed by atoms with E-state index in [4.69, 9.17) is 24.3 Å². The maximum absolute atomic E-state index is 12.7. The number of esters is 2. The van der Waals surface area contributed by atoms with Crippen molar-refractivity contribution in [2.24, 2.45) is 5.73 Å². The molecule has 2 unspecified atom stereocenters. The molecule has 0 fully saturated rings. The van der Waals surface area contributed by atoms with Crippen molar-refractivity contribution in [3.8, 4) is 0 Å². The van der Waals surface area contributed by atoms with E-state index in [0.717, 1.165) is 57.8 Å². The maximum atomic E-state index is 12.7. The molecule has 0 rings (SSSR count). The third-order valence-electron chi connectivity index (χ3n) is 14.7. The van der Waals surface area contributed by atoms with Crippen LogP contribution in [0.25, 0.3) is 0 Å². The summed E-state index contributed by atoms with van der Waals surface area (Å²) in [5.41, 5.74) is 5.38. The first kappa shape index (κ1) is 74.2. The predicted molar refractivity (Wildman–Crippen MR) is 326 cm³/mol. The first-order chi connectivity index (χ1) is 37.3. The Balaban J connectivity index is 3.70. The summed E-state index contributed by atoms with van der Waals surface area (Å²) in [6.45, 7) is 3.76. The molecule has 0 aromatic carbocycles. The second kappa shape index (κ2) is 62.4. The Bertz CT molecular complexity index is 1340. The summed E-state index contributed by atoms with van der Waals surface area (Å²) in [5.74, 6) is -0.822. The molecule has 0 heterocycles. The molecule has 448 valence electrons. The molecule has 0 saturated carbocycles. The molecule has 0 amide bonds. The van der Waals surface area contributed by atoms with E-state index in [1.165, 1.54) is 250 Å². The lowest BCUT2D eigenvalue weighted by molar-refractivity contribution is -0.161. The molecule has 0 aromatic heterocycles. The molecule has 0 aliphatic rings. The van der Waals surface area contributed by atoms with Crippen molar-refractivity contribution in [3.63, 3.8) is 0 Å². The molecular formula is C66H126NO8P. The van der Waals surface area contributed by atoms with Gasteiger partial charge in [-0.2, -0.15) is 0 Å². The molecule has 0 aliphatic heterocycles. The van der Waals surface area contributed by atoms with Crippen LogP contribution >= 0.6 is 7.82 Å². The number of nitrogens with two attached hydrogens (primary N) is 1. The number of allylic oxidation sites excluding steroid dienone is 6. The fraction of sp³-hybridized carbons (Fsp3) is 0.879. The van der Waals surface area contributed by atoms with Crippen molar-refractivity contribution in [1.29, 1.82) is 0 Å². The first-order valence-corrected chi connectivity index (χ1v) is 34.5. The van der Waals surface area contributed by atoms with Gasteiger partial charge in [0.15, 0.2) is 6.10 Å². The molecule has 10 heteroatoms. The van der Waals surface area contributed by atoms with Gasteiger partial charge in [-0.25, -0.2) is 4.57 Å². The van der Waals surface area contributed by atoms with Crippen molar-refractivity contribution in [3.05, 3.63) is 36.5 Å². The molecule has 2 atom stereocenters. The van der Waals surface area contributed by atoms with Crippen LogP contribution in [0.4, 0.5) is 0 Å². The Hall–Kier alpha value is -1.77. The van der Waals surface area contributed by atoms with Gasteiger partial charge in [-0.15, -0.1) is 0 Å². The second-order valence-corrected chi connectivity index (χ2v) is 23.8. The normalized spacial score (nSPS) is 13.2. The van der Waals surface area contributed by atoms with Gasteiger partial charge in [0.05, 0.1) is 13.2 Å². The Morgan fingerprint density at radius 3 is 1.01 bits per heavy atom. The van der Waals surface area contributed by atoms with Crippen LogP contribution in [-0.2, 0) is 32.7 Å². The third kappa shape index (κ3) is 61.4. The smallest absolute Gasteiger partial charge is 0.462 e. The second-order valence-electron chi connectivity index (χ2n) is 22.3. The van der Waals surface area contributed by atoms with Gasteiger partial charge < -0.3 is 20.1 Å². The quantitative estimate of drug-likeness (QED) is 0.0264. The van der Waals surface area contributed by atoms with Crippen LogP contribution in [0, 0.1) is 0 Å². The molecule has 0 bridgehead atoms. The summed E-state index contributed by atoms with van der Waals surface area (Å²) in [6, 6.07) is 0. The van der Waals surface area contributed by atoms with Crippen LogP contribution in [0.2, 0.25) is 0 Å². The lowest BCUT2D eigenvalue weighted by Crippen LogP contribution is -2.29. The molecule has 0 aromatic rings. The number of phosphoric acid groups is 1. The molecule has 3 N–H and O–H groups in total. The number of ether oxygens (including phenoxy) is 2. The largest absolute Gasteiger partial charge is 0.472 e. The number of hydrogen-bond acceptors (Lipinski definition) is 8. The van der Waals surface area contributed by atoms with E-state index >= 15 is 0 Å². The van der Waals surface area contributed by atoms with Crippen LogP contribution < -0.4 is 5.73 Å². The predicted octanol–water partition coefficient (Wildman–Crippen LogP) is 21.1. The third-order valence-corrected chi connectivity index (χ3v) is 15.7. The zero-order valence-electron chi connectivity index (χ0n) is 50.3. The Labute approximate surface area is 471 Å². The number of unbranched alkanes of at least 4 members (excludes halogenated alkanes) is 44. The standard InChI is InChI=1S/C66H126NO8P/c1-3-5-7-9-11-13-15-17-19-20-21-22-23-24-25-26-27-28-29-30-31-32-33-34-35-36-37-38-39-40-41-42-43-44-45-47-49-51-53-55-57-59-66(69)75-64(63-74-76(70,71)73-61-60-67)62-72-65(68)58-56-54-52-50-48-46-18-16-14-12-10-8-6-4-2/h15-18,20-21,64H,3-14,19,22-63,67H2,1-2H3,(H,70,71)/b17-15-,18-16-,21-20-. The number of phosphoric ester groups is 1. The summed E-state index contributed by atoms with van der Waals surface area (Å²) in [4.78, 5) is 35.1. The van der Waals surface area contributed by atoms with Crippen LogP contribution in [0.1, 0.15) is 341 Å². The van der Waals surface area contributed by atoms with E-state index in [1.807, 2.05) is 0 Å². The van der Waals surface area contributed by atoms with Gasteiger partial charge in [-0.05, 0) is 70.6 Å². The number of carbonyl (C=O) groups is 2. The zero-order valence-corrected chi connectivity index (χ0v) is 51.2. The van der Waals surface area contributed by atoms with Gasteiger partial charge >= 0.3 is 19.8 Å². The van der Waals surface area contributed by atoms with E-state index in [2.05, 4.69) is 50.3 Å². The van der Waals surface area contributed by atoms with E-state index < -0.39 is 26.5 Å². The highest BCUT2D eigenvalue weighted by atomic mass is 31.2. The van der Waals surface area contributed by atoms with Gasteiger partial charge in [-0.3, -0.25) is 18.6 Å². The van der Waals surface area contributed by atoms with Gasteiger partial charge in [0.2, 0.25) is 0 Å². The Morgan fingerprint density at radius 2 is 0.684 bits per heavy atom. The fourth-order valence-corrected chi connectivity index (χ4v) is 10.6. The minimum absolute atomic E-state index is 0.0545. The fourth-order valence-electron chi connectivity index (χ4n) is 9.84. The maximum Gasteiger partial charge on any atom is 0.472 e. The average molecular weight is 1090 g/mol. The van der Waals surface area contributed by atoms with Gasteiger partial charge in [0.25, 0.3) is 0 Å². The average Bonchev–Trinajstić information content (AvgIpc) is 3.41. The van der Waals surface area contributed by atoms with Gasteiger partial charge in [-0.1, -0.05) is 294 Å². The molecular weight excluding hydrogens is 966 g/mol. The Kier molecular flexibility index (Phi) is 61.0. The summed E-state index contributed by atoms with van der Waals surface area (Å²) in [5, 5.41) is 0. The van der Waals surface area contributed by atoms with Crippen molar-refractivity contribution >= 4 is 19.8 Å². The molecule has 9 nitrogen and oxygen atoms in total. The molecule has 0 spiro atoms. The highest BCUT2D eigenvalue weighted by Gasteiger charge is 2.26. The van der Waals surface area contributed by atoms with Crippen LogP contribution in [0.15, 0.2) is 36.5 Å². The van der Waals surface area contributed by atoms with E-state index in [9.17, 15) is 19.0 Å². The lowest BCUT2D eigenvalue weighted by atomic mass is 10.0. The lowest BCUT2D eigenvalue weighted by Gasteiger charge is -2.19. The molecule has 76 heavy (non-hydrogen) atoms. The summed E-state index contributed by atoms with van der Waals surface area (Å²) < 4.78 is 33.0. The monoisotopic (exact) mass is 1090 g/mol. The van der Waals surface area contributed by atoms with Crippen molar-refractivity contribution in [1.82, 2.24) is 0 Å². The summed E-state index contributed by atoms with van der Waals surface area (Å²) >= 11 is 0. The minimum Gasteiger partial charge on any atom is -0.462 e. The van der Waals surface area contributed by atoms with Crippen molar-refractivity contribution in [2.75, 3.05) is 26.4 Å². The van der Waals surface area contributed by atoms with Crippen LogP contribution in [-0.4, -0.2) is 49.3 Å². The molecule has 0 aliphatic carbocycles. The van der Waals surface area contributed by atoms with Crippen molar-refractivity contribution in [2.45, 2.75) is 347 Å². The number of carbonyl (C=O) groups excluding carboxylic acids is 2. The Morgan fingerprint density at radius 1 is 0.395 bits per heavy atom. The van der Waals surface area contributed by atoms with E-state index in [1.54, 1.807) is 0 Å². The molecule has 0 radical (unpaired) electrons. The highest BCUT2D eigenvalue weighted by Crippen LogP contribution is 2.43. The van der Waals surface area contributed by atoms with Crippen LogP contribution in [0.3, 0.4) is 0 Å². The van der Waals surface area contributed by atoms with E-state index in [0.29, 0.717) is 6.42 Å². The number of hydrogen-bond donors (Lipinski definition) is 2. The van der Waals surface area contributed by atoms with E-state index in [-0.39, 0.29) is 38.6 Å². The summed E-state index contributed by atoms with van der Waals surface area (Å²) in [6.07, 6.45) is 76.9. The first-order valence-electron chi connectivity index (χ1n) is 33.0. The topological polar surface area (TPSA) is 134 Å². The zero-order chi connectivity index (χ0) is 55.2. The minimum atomic E-state index is -4.38. The van der Waals surface area contributed by atoms with Gasteiger partial charge in [0.1, 0.15) is 6.61 Å². The number of rotatable bonds is 63. The summed E-state index contributed by atoms with van der Waals surface area (Å²) in [7, 11) is -4.38. The van der Waals surface area contributed by atoms with Gasteiger partial charge in [0, 0.05) is 19.4 Å². The van der Waals surface area contributed by atoms with Crippen molar-refractivity contribution < 1.29 is 37.6 Å². The van der Waals surface area contributed by atoms with Crippen LogP contribution in [0.5, 0.6) is 0 Å². The highest BCUT2D eigenvalue weighted by molar-refractivity contribution is 7.47. The molecule has 0 saturated heterocycles.